The Kier molecular flexibility index (Phi) is 13.1. The highest BCUT2D eigenvalue weighted by Crippen LogP contribution is 2.48. The lowest BCUT2D eigenvalue weighted by molar-refractivity contribution is -0.237. The lowest BCUT2D eigenvalue weighted by Gasteiger charge is -2.47. The van der Waals surface area contributed by atoms with Crippen molar-refractivity contribution in [2.75, 3.05) is 6.61 Å². The molecule has 1 aromatic carbocycles. The fourth-order valence-corrected chi connectivity index (χ4v) is 7.59. The number of aliphatic hydroxyl groups is 2. The van der Waals surface area contributed by atoms with Crippen molar-refractivity contribution < 1.29 is 44.2 Å². The van der Waals surface area contributed by atoms with Crippen LogP contribution < -0.4 is 0 Å². The molecule has 0 aromatic heterocycles. The van der Waals surface area contributed by atoms with E-state index in [0.717, 1.165) is 12.8 Å². The SMILES string of the molecule is CCOOC(=O)c1c(CC[C@@H](C)[C@H](O)[C@H](C)C(=O)[C@H](CC)[C@H]2O[C@](CC)([C@H]3CC[C@](O)(CC)[C@H](C)O3)C[C@@H]2C)ccc(C)c1O. The molecule has 2 aliphatic rings. The Morgan fingerprint density at radius 2 is 1.80 bits per heavy atom. The maximum atomic E-state index is 14.0. The average Bonchev–Trinajstić information content (AvgIpc) is 3.37. The average molecular weight is 635 g/mol. The summed E-state index contributed by atoms with van der Waals surface area (Å²) in [5.74, 6) is -2.03. The maximum Gasteiger partial charge on any atom is 0.377 e. The minimum atomic E-state index is -0.897. The summed E-state index contributed by atoms with van der Waals surface area (Å²) in [7, 11) is 0. The third-order valence-corrected chi connectivity index (χ3v) is 10.9. The molecule has 10 atom stereocenters. The van der Waals surface area contributed by atoms with Crippen molar-refractivity contribution in [2.24, 2.45) is 23.7 Å². The molecule has 0 amide bonds. The number of aliphatic hydroxyl groups excluding tert-OH is 1. The molecule has 0 saturated carbocycles. The molecule has 0 spiro atoms. The van der Waals surface area contributed by atoms with Gasteiger partial charge in [-0.1, -0.05) is 53.7 Å². The molecular formula is C36H58O9. The molecule has 2 heterocycles. The van der Waals surface area contributed by atoms with Crippen LogP contribution in [0.4, 0.5) is 0 Å². The largest absolute Gasteiger partial charge is 0.507 e. The number of ketones is 1. The molecule has 1 aromatic rings. The van der Waals surface area contributed by atoms with Crippen LogP contribution in [-0.2, 0) is 30.5 Å². The van der Waals surface area contributed by atoms with Crippen molar-refractivity contribution in [1.82, 2.24) is 0 Å². The van der Waals surface area contributed by atoms with E-state index in [1.165, 1.54) is 0 Å². The third-order valence-electron chi connectivity index (χ3n) is 10.9. The highest BCUT2D eigenvalue weighted by Gasteiger charge is 2.55. The lowest BCUT2D eigenvalue weighted by Crippen LogP contribution is -2.55. The van der Waals surface area contributed by atoms with Crippen molar-refractivity contribution in [3.63, 3.8) is 0 Å². The van der Waals surface area contributed by atoms with Crippen molar-refractivity contribution in [3.8, 4) is 5.75 Å². The summed E-state index contributed by atoms with van der Waals surface area (Å²) in [6.45, 7) is 17.4. The van der Waals surface area contributed by atoms with Crippen molar-refractivity contribution >= 4 is 11.8 Å². The molecule has 2 aliphatic heterocycles. The summed E-state index contributed by atoms with van der Waals surface area (Å²) < 4.78 is 13.3. The van der Waals surface area contributed by atoms with E-state index in [1.54, 1.807) is 32.9 Å². The maximum absolute atomic E-state index is 14.0. The fourth-order valence-electron chi connectivity index (χ4n) is 7.59. The highest BCUT2D eigenvalue weighted by atomic mass is 17.2. The summed E-state index contributed by atoms with van der Waals surface area (Å²) in [5.41, 5.74) is -0.150. The van der Waals surface area contributed by atoms with E-state index in [1.807, 2.05) is 27.7 Å². The molecular weight excluding hydrogens is 576 g/mol. The molecule has 9 nitrogen and oxygen atoms in total. The van der Waals surface area contributed by atoms with Crippen LogP contribution in [0.3, 0.4) is 0 Å². The van der Waals surface area contributed by atoms with Gasteiger partial charge in [0, 0.05) is 11.8 Å². The van der Waals surface area contributed by atoms with Crippen LogP contribution >= 0.6 is 0 Å². The number of carbonyl (C=O) groups excluding carboxylic acids is 2. The predicted molar refractivity (Wildman–Crippen MR) is 172 cm³/mol. The molecule has 3 N–H and O–H groups in total. The van der Waals surface area contributed by atoms with Gasteiger partial charge in [-0.3, -0.25) is 9.68 Å². The number of phenolic OH excluding ortho intramolecular Hbond substituents is 1. The monoisotopic (exact) mass is 634 g/mol. The molecule has 0 unspecified atom stereocenters. The fraction of sp³-hybridized carbons (Fsp3) is 0.778. The van der Waals surface area contributed by atoms with Crippen LogP contribution in [-0.4, -0.2) is 69.3 Å². The van der Waals surface area contributed by atoms with Gasteiger partial charge < -0.3 is 24.8 Å². The molecule has 0 radical (unpaired) electrons. The number of aryl methyl sites for hydroxylation is 2. The van der Waals surface area contributed by atoms with Crippen molar-refractivity contribution in [1.29, 1.82) is 0 Å². The first-order valence-corrected chi connectivity index (χ1v) is 17.1. The second kappa shape index (κ2) is 15.7. The Hall–Kier alpha value is -2.04. The Labute approximate surface area is 269 Å². The predicted octanol–water partition coefficient (Wildman–Crippen LogP) is 6.25. The van der Waals surface area contributed by atoms with Crippen molar-refractivity contribution in [3.05, 3.63) is 28.8 Å². The number of aromatic hydroxyl groups is 1. The normalized spacial score (nSPS) is 31.3. The van der Waals surface area contributed by atoms with Crippen LogP contribution in [0.15, 0.2) is 12.1 Å². The van der Waals surface area contributed by atoms with E-state index in [2.05, 4.69) is 13.8 Å². The zero-order chi connectivity index (χ0) is 33.7. The summed E-state index contributed by atoms with van der Waals surface area (Å²) in [5, 5.41) is 32.9. The lowest BCUT2D eigenvalue weighted by atomic mass is 9.76. The van der Waals surface area contributed by atoms with Crippen LogP contribution in [0.2, 0.25) is 0 Å². The van der Waals surface area contributed by atoms with E-state index >= 15 is 0 Å². The second-order valence-corrected chi connectivity index (χ2v) is 13.7. The standard InChI is InChI=1S/C36H58O9/c1-10-27(33-23(7)20-36(12-3,44-33)28-18-19-35(41,11-2)25(9)43-28)32(39)24(8)30(37)21(5)14-16-26-17-15-22(6)31(38)29(26)34(40)45-42-13-4/h15,17,21,23-25,27-28,30,33,37-38,41H,10-14,16,18-20H2,1-9H3/t21-,23+,24+,25+,27+,28-,30+,33+,35-,36+/m1/s1. The summed E-state index contributed by atoms with van der Waals surface area (Å²) in [6, 6.07) is 3.51. The van der Waals surface area contributed by atoms with Gasteiger partial charge in [0.25, 0.3) is 0 Å². The van der Waals surface area contributed by atoms with Gasteiger partial charge in [0.1, 0.15) is 17.1 Å². The number of benzene rings is 1. The van der Waals surface area contributed by atoms with Crippen LogP contribution in [0.1, 0.15) is 122 Å². The molecule has 9 heteroatoms. The molecule has 0 aliphatic carbocycles. The number of rotatable bonds is 15. The highest BCUT2D eigenvalue weighted by molar-refractivity contribution is 5.94. The molecule has 0 bridgehead atoms. The number of carbonyl (C=O) groups is 2. The van der Waals surface area contributed by atoms with Gasteiger partial charge in [-0.05, 0) is 95.1 Å². The Morgan fingerprint density at radius 3 is 2.38 bits per heavy atom. The smallest absolute Gasteiger partial charge is 0.377 e. The summed E-state index contributed by atoms with van der Waals surface area (Å²) >= 11 is 0. The Bertz CT molecular complexity index is 1150. The van der Waals surface area contributed by atoms with E-state index in [-0.39, 0.29) is 59.8 Å². The first-order valence-electron chi connectivity index (χ1n) is 17.1. The van der Waals surface area contributed by atoms with E-state index in [4.69, 9.17) is 19.2 Å². The zero-order valence-corrected chi connectivity index (χ0v) is 28.9. The second-order valence-electron chi connectivity index (χ2n) is 13.7. The number of Topliss-reactive ketones (excluding diaryl/α,β-unsaturated/α-hetero) is 1. The van der Waals surface area contributed by atoms with Crippen molar-refractivity contribution in [2.45, 2.75) is 149 Å². The van der Waals surface area contributed by atoms with Gasteiger partial charge in [0.05, 0.1) is 42.2 Å². The molecule has 2 saturated heterocycles. The Morgan fingerprint density at radius 1 is 1.11 bits per heavy atom. The minimum Gasteiger partial charge on any atom is -0.507 e. The van der Waals surface area contributed by atoms with Gasteiger partial charge in [0.15, 0.2) is 0 Å². The first-order chi connectivity index (χ1) is 21.2. The van der Waals surface area contributed by atoms with E-state index in [0.29, 0.717) is 49.7 Å². The van der Waals surface area contributed by atoms with Crippen LogP contribution in [0.25, 0.3) is 0 Å². The van der Waals surface area contributed by atoms with Gasteiger partial charge in [-0.15, -0.1) is 0 Å². The number of hydrogen-bond acceptors (Lipinski definition) is 9. The third kappa shape index (κ3) is 7.92. The molecule has 45 heavy (non-hydrogen) atoms. The van der Waals surface area contributed by atoms with Gasteiger partial charge in [-0.25, -0.2) is 4.79 Å². The number of ether oxygens (including phenoxy) is 2. The quantitative estimate of drug-likeness (QED) is 0.151. The summed E-state index contributed by atoms with van der Waals surface area (Å²) in [6.07, 6.45) is 3.41. The molecule has 2 fully saturated rings. The topological polar surface area (TPSA) is 132 Å². The number of hydrogen-bond donors (Lipinski definition) is 3. The Balaban J connectivity index is 1.69. The number of phenols is 1. The van der Waals surface area contributed by atoms with Gasteiger partial charge in [0.2, 0.25) is 0 Å². The molecule has 256 valence electrons. The summed E-state index contributed by atoms with van der Waals surface area (Å²) in [4.78, 5) is 36.3. The van der Waals surface area contributed by atoms with E-state index < -0.39 is 29.2 Å². The van der Waals surface area contributed by atoms with Gasteiger partial charge >= 0.3 is 5.97 Å². The van der Waals surface area contributed by atoms with Crippen LogP contribution in [0, 0.1) is 30.6 Å². The minimum absolute atomic E-state index is 0.00662. The molecule has 3 rings (SSSR count). The first kappa shape index (κ1) is 37.4. The van der Waals surface area contributed by atoms with Crippen LogP contribution in [0.5, 0.6) is 5.75 Å². The van der Waals surface area contributed by atoms with E-state index in [9.17, 15) is 24.9 Å². The zero-order valence-electron chi connectivity index (χ0n) is 28.9. The van der Waals surface area contributed by atoms with Gasteiger partial charge in [-0.2, -0.15) is 4.89 Å².